The summed E-state index contributed by atoms with van der Waals surface area (Å²) >= 11 is 0. The number of amides is 3. The molecule has 0 spiro atoms. The zero-order chi connectivity index (χ0) is 22.1. The Balaban J connectivity index is 2.03. The van der Waals surface area contributed by atoms with Gasteiger partial charge in [0, 0.05) is 22.4 Å². The Bertz CT molecular complexity index is 960. The molecule has 156 valence electrons. The van der Waals surface area contributed by atoms with Gasteiger partial charge in [0.1, 0.15) is 6.04 Å². The van der Waals surface area contributed by atoms with Gasteiger partial charge in [-0.1, -0.05) is 11.8 Å². The third-order valence-electron chi connectivity index (χ3n) is 4.01. The normalized spacial score (nSPS) is 12.0. The Morgan fingerprint density at radius 1 is 1.00 bits per heavy atom. The van der Waals surface area contributed by atoms with Crippen molar-refractivity contribution in [2.45, 2.75) is 19.1 Å². The number of carbonyl (C=O) groups excluding carboxylic acids is 3. The van der Waals surface area contributed by atoms with Crippen LogP contribution in [0.15, 0.2) is 48.5 Å². The minimum atomic E-state index is -1.29. The summed E-state index contributed by atoms with van der Waals surface area (Å²) in [6.07, 6.45) is -1.19. The summed E-state index contributed by atoms with van der Waals surface area (Å²) in [5, 5.41) is 23.2. The molecule has 2 rings (SSSR count). The van der Waals surface area contributed by atoms with Crippen molar-refractivity contribution in [2.24, 2.45) is 5.73 Å². The van der Waals surface area contributed by atoms with Crippen LogP contribution in [0.1, 0.15) is 28.4 Å². The lowest BCUT2D eigenvalue weighted by Crippen LogP contribution is -2.51. The average Bonchev–Trinajstić information content (AvgIpc) is 2.76. The van der Waals surface area contributed by atoms with Gasteiger partial charge in [-0.25, -0.2) is 5.48 Å². The Morgan fingerprint density at radius 3 is 2.00 bits per heavy atom. The van der Waals surface area contributed by atoms with Gasteiger partial charge in [-0.15, -0.1) is 0 Å². The number of aliphatic hydroxyl groups is 1. The van der Waals surface area contributed by atoms with Crippen LogP contribution in [-0.2, 0) is 9.59 Å². The van der Waals surface area contributed by atoms with Gasteiger partial charge in [-0.3, -0.25) is 19.6 Å². The third kappa shape index (κ3) is 6.42. The Kier molecular flexibility index (Phi) is 8.08. The van der Waals surface area contributed by atoms with E-state index < -0.39 is 24.0 Å². The number of hydroxylamine groups is 1. The summed E-state index contributed by atoms with van der Waals surface area (Å²) in [6, 6.07) is 12.0. The number of carbonyl (C=O) groups is 3. The molecule has 0 aromatic heterocycles. The third-order valence-corrected chi connectivity index (χ3v) is 4.01. The van der Waals surface area contributed by atoms with Gasteiger partial charge in [0.15, 0.2) is 0 Å². The zero-order valence-corrected chi connectivity index (χ0v) is 16.2. The monoisotopic (exact) mass is 410 g/mol. The van der Waals surface area contributed by atoms with Gasteiger partial charge in [0.05, 0.1) is 12.6 Å². The van der Waals surface area contributed by atoms with E-state index in [1.54, 1.807) is 36.4 Å². The summed E-state index contributed by atoms with van der Waals surface area (Å²) in [6.45, 7) is 1.22. The highest BCUT2D eigenvalue weighted by Crippen LogP contribution is 2.09. The first kappa shape index (κ1) is 22.6. The van der Waals surface area contributed by atoms with E-state index in [4.69, 9.17) is 10.9 Å². The van der Waals surface area contributed by atoms with E-state index in [9.17, 15) is 19.5 Å². The van der Waals surface area contributed by atoms with Gasteiger partial charge < -0.3 is 21.5 Å². The first-order chi connectivity index (χ1) is 14.3. The SMILES string of the molecule is CC(O)C(NC(=O)c1ccc(C#Cc2ccc(NC(=O)CN)cc2)cc1)C(=O)NO. The second-order valence-electron chi connectivity index (χ2n) is 6.32. The predicted octanol–water partition coefficient (Wildman–Crippen LogP) is -0.0318. The maximum absolute atomic E-state index is 12.2. The minimum absolute atomic E-state index is 0.0934. The van der Waals surface area contributed by atoms with E-state index in [-0.39, 0.29) is 18.0 Å². The molecular weight excluding hydrogens is 388 g/mol. The fourth-order valence-electron chi connectivity index (χ4n) is 2.40. The molecule has 2 aromatic carbocycles. The molecule has 2 atom stereocenters. The highest BCUT2D eigenvalue weighted by atomic mass is 16.5. The summed E-state index contributed by atoms with van der Waals surface area (Å²) < 4.78 is 0. The number of rotatable bonds is 6. The van der Waals surface area contributed by atoms with Crippen LogP contribution in [0.4, 0.5) is 5.69 Å². The fourth-order valence-corrected chi connectivity index (χ4v) is 2.40. The molecule has 7 N–H and O–H groups in total. The number of anilines is 1. The molecule has 0 aliphatic heterocycles. The molecule has 2 unspecified atom stereocenters. The van der Waals surface area contributed by atoms with Gasteiger partial charge in [0.25, 0.3) is 11.8 Å². The second kappa shape index (κ2) is 10.7. The topological polar surface area (TPSA) is 154 Å². The maximum Gasteiger partial charge on any atom is 0.268 e. The van der Waals surface area contributed by atoms with Crippen molar-refractivity contribution < 1.29 is 24.7 Å². The molecule has 9 nitrogen and oxygen atoms in total. The van der Waals surface area contributed by atoms with Crippen molar-refractivity contribution >= 4 is 23.4 Å². The van der Waals surface area contributed by atoms with Crippen LogP contribution in [0.3, 0.4) is 0 Å². The Morgan fingerprint density at radius 2 is 1.53 bits per heavy atom. The molecule has 0 bridgehead atoms. The van der Waals surface area contributed by atoms with Crippen LogP contribution in [0.25, 0.3) is 0 Å². The lowest BCUT2D eigenvalue weighted by atomic mass is 10.1. The molecule has 30 heavy (non-hydrogen) atoms. The van der Waals surface area contributed by atoms with E-state index in [0.717, 1.165) is 5.56 Å². The predicted molar refractivity (Wildman–Crippen MR) is 109 cm³/mol. The first-order valence-electron chi connectivity index (χ1n) is 8.99. The largest absolute Gasteiger partial charge is 0.391 e. The summed E-state index contributed by atoms with van der Waals surface area (Å²) in [4.78, 5) is 35.0. The lowest BCUT2D eigenvalue weighted by molar-refractivity contribution is -0.133. The second-order valence-corrected chi connectivity index (χ2v) is 6.32. The molecule has 9 heteroatoms. The van der Waals surface area contributed by atoms with Gasteiger partial charge in [-0.2, -0.15) is 0 Å². The van der Waals surface area contributed by atoms with Gasteiger partial charge in [-0.05, 0) is 55.5 Å². The van der Waals surface area contributed by atoms with Crippen molar-refractivity contribution in [3.8, 4) is 11.8 Å². The number of hydrogen-bond donors (Lipinski definition) is 6. The number of aliphatic hydroxyl groups excluding tert-OH is 1. The smallest absolute Gasteiger partial charge is 0.268 e. The van der Waals surface area contributed by atoms with Crippen molar-refractivity contribution in [1.82, 2.24) is 10.8 Å². The first-order valence-corrected chi connectivity index (χ1v) is 8.99. The Hall–Kier alpha value is -3.71. The van der Waals surface area contributed by atoms with Crippen molar-refractivity contribution in [1.29, 1.82) is 0 Å². The molecule has 0 radical (unpaired) electrons. The molecule has 0 aliphatic carbocycles. The number of hydrogen-bond acceptors (Lipinski definition) is 6. The number of benzene rings is 2. The van der Waals surface area contributed by atoms with Gasteiger partial charge in [0.2, 0.25) is 5.91 Å². The van der Waals surface area contributed by atoms with Crippen LogP contribution < -0.4 is 21.8 Å². The molecule has 0 aliphatic rings. The van der Waals surface area contributed by atoms with E-state index >= 15 is 0 Å². The van der Waals surface area contributed by atoms with Crippen LogP contribution >= 0.6 is 0 Å². The molecule has 0 saturated carbocycles. The zero-order valence-electron chi connectivity index (χ0n) is 16.2. The molecule has 2 aromatic rings. The van der Waals surface area contributed by atoms with Crippen molar-refractivity contribution in [3.63, 3.8) is 0 Å². The van der Waals surface area contributed by atoms with Crippen LogP contribution in [0.5, 0.6) is 0 Å². The quantitative estimate of drug-likeness (QED) is 0.223. The van der Waals surface area contributed by atoms with Crippen molar-refractivity contribution in [3.05, 3.63) is 65.2 Å². The van der Waals surface area contributed by atoms with E-state index in [2.05, 4.69) is 22.5 Å². The number of nitrogens with one attached hydrogen (secondary N) is 3. The molecular formula is C21H22N4O5. The molecule has 3 amide bonds. The Labute approximate surface area is 173 Å². The summed E-state index contributed by atoms with van der Waals surface area (Å²) in [5.74, 6) is 4.14. The highest BCUT2D eigenvalue weighted by molar-refractivity contribution is 5.97. The van der Waals surface area contributed by atoms with Crippen LogP contribution in [0.2, 0.25) is 0 Å². The molecule has 0 saturated heterocycles. The van der Waals surface area contributed by atoms with Crippen molar-refractivity contribution in [2.75, 3.05) is 11.9 Å². The maximum atomic E-state index is 12.2. The van der Waals surface area contributed by atoms with E-state index in [0.29, 0.717) is 11.3 Å². The van der Waals surface area contributed by atoms with Gasteiger partial charge >= 0.3 is 0 Å². The number of nitrogens with two attached hydrogens (primary N) is 1. The summed E-state index contributed by atoms with van der Waals surface area (Å²) in [5.41, 5.74) is 8.93. The van der Waals surface area contributed by atoms with Crippen LogP contribution in [0, 0.1) is 11.8 Å². The van der Waals surface area contributed by atoms with E-state index in [1.807, 2.05) is 0 Å². The van der Waals surface area contributed by atoms with Crippen LogP contribution in [-0.4, -0.2) is 46.7 Å². The molecule has 0 fully saturated rings. The lowest BCUT2D eigenvalue weighted by Gasteiger charge is -2.19. The highest BCUT2D eigenvalue weighted by Gasteiger charge is 2.25. The molecule has 0 heterocycles. The summed E-state index contributed by atoms with van der Waals surface area (Å²) in [7, 11) is 0. The van der Waals surface area contributed by atoms with E-state index in [1.165, 1.54) is 24.5 Å². The average molecular weight is 410 g/mol. The minimum Gasteiger partial charge on any atom is -0.391 e. The fraction of sp³-hybridized carbons (Fsp3) is 0.190. The standard InChI is InChI=1S/C21H22N4O5/c1-13(26)19(21(29)25-30)24-20(28)16-8-4-14(5-9-16)2-3-15-6-10-17(11-7-15)23-18(27)12-22/h4-11,13,19,26,30H,12,22H2,1H3,(H,23,27)(H,24,28)(H,25,29).